The third-order valence-corrected chi connectivity index (χ3v) is 1.51. The molecular weight excluding hydrogens is 136 g/mol. The summed E-state index contributed by atoms with van der Waals surface area (Å²) in [5, 5.41) is 6.91. The second-order valence-corrected chi connectivity index (χ2v) is 2.57. The van der Waals surface area contributed by atoms with E-state index in [1.807, 2.05) is 43.3 Å². The molecule has 1 aromatic carbocycles. The Morgan fingerprint density at radius 1 is 1.36 bits per heavy atom. The molecule has 0 unspecified atom stereocenters. The molecule has 0 radical (unpaired) electrons. The summed E-state index contributed by atoms with van der Waals surface area (Å²) in [5.41, 5.74) is 1.92. The Balaban J connectivity index is 3.03. The SMILES string of the molecule is CN(C)c1cccc(C#[NH+])c1. The molecule has 0 aromatic heterocycles. The molecule has 1 rings (SSSR count). The third-order valence-electron chi connectivity index (χ3n) is 1.51. The maximum Gasteiger partial charge on any atom is 0.308 e. The van der Waals surface area contributed by atoms with Crippen molar-refractivity contribution < 1.29 is 5.26 Å². The first-order chi connectivity index (χ1) is 5.24. The van der Waals surface area contributed by atoms with Gasteiger partial charge in [0.2, 0.25) is 0 Å². The van der Waals surface area contributed by atoms with Gasteiger partial charge in [-0.05, 0) is 18.2 Å². The molecule has 2 nitrogen and oxygen atoms in total. The van der Waals surface area contributed by atoms with Crippen LogP contribution in [0.1, 0.15) is 5.56 Å². The zero-order valence-corrected chi connectivity index (χ0v) is 6.76. The van der Waals surface area contributed by atoms with E-state index in [0.29, 0.717) is 0 Å². The van der Waals surface area contributed by atoms with E-state index in [4.69, 9.17) is 5.26 Å². The number of benzene rings is 1. The maximum atomic E-state index is 6.91. The van der Waals surface area contributed by atoms with Crippen LogP contribution in [0.15, 0.2) is 24.3 Å². The largest absolute Gasteiger partial charge is 0.378 e. The highest BCUT2D eigenvalue weighted by atomic mass is 15.1. The van der Waals surface area contributed by atoms with E-state index in [9.17, 15) is 0 Å². The average molecular weight is 147 g/mol. The third kappa shape index (κ3) is 1.71. The number of hydrogen-bond donors (Lipinski definition) is 1. The summed E-state index contributed by atoms with van der Waals surface area (Å²) >= 11 is 0. The van der Waals surface area contributed by atoms with Crippen molar-refractivity contribution >= 4 is 5.69 Å². The summed E-state index contributed by atoms with van der Waals surface area (Å²) in [7, 11) is 3.95. The van der Waals surface area contributed by atoms with Crippen LogP contribution >= 0.6 is 0 Å². The minimum absolute atomic E-state index is 0.816. The first kappa shape index (κ1) is 7.62. The van der Waals surface area contributed by atoms with Crippen LogP contribution < -0.4 is 10.2 Å². The Labute approximate surface area is 66.7 Å². The Kier molecular flexibility index (Phi) is 2.12. The fourth-order valence-corrected chi connectivity index (χ4v) is 0.862. The highest BCUT2D eigenvalue weighted by Crippen LogP contribution is 2.11. The Morgan fingerprint density at radius 2 is 2.09 bits per heavy atom. The van der Waals surface area contributed by atoms with E-state index < -0.39 is 0 Å². The monoisotopic (exact) mass is 147 g/mol. The van der Waals surface area contributed by atoms with E-state index in [2.05, 4.69) is 6.07 Å². The smallest absolute Gasteiger partial charge is 0.308 e. The number of nitrogens with zero attached hydrogens (tertiary/aromatic N) is 1. The molecule has 0 spiro atoms. The van der Waals surface area contributed by atoms with Gasteiger partial charge in [0, 0.05) is 19.8 Å². The molecule has 56 valence electrons. The summed E-state index contributed by atoms with van der Waals surface area (Å²) in [4.78, 5) is 2.00. The Morgan fingerprint density at radius 3 is 2.64 bits per heavy atom. The van der Waals surface area contributed by atoms with Gasteiger partial charge in [0.25, 0.3) is 0 Å². The van der Waals surface area contributed by atoms with Crippen molar-refractivity contribution in [3.8, 4) is 6.07 Å². The van der Waals surface area contributed by atoms with Gasteiger partial charge in [-0.15, -0.1) is 0 Å². The molecule has 0 atom stereocenters. The fourth-order valence-electron chi connectivity index (χ4n) is 0.862. The lowest BCUT2D eigenvalue weighted by Gasteiger charge is -2.10. The Bertz CT molecular complexity index is 284. The fraction of sp³-hybridized carbons (Fsp3) is 0.222. The number of nitrogens with one attached hydrogen (secondary N) is 1. The number of anilines is 1. The van der Waals surface area contributed by atoms with Crippen molar-refractivity contribution in [2.45, 2.75) is 0 Å². The van der Waals surface area contributed by atoms with Crippen molar-refractivity contribution in [1.82, 2.24) is 0 Å². The molecule has 0 fully saturated rings. The van der Waals surface area contributed by atoms with Gasteiger partial charge in [0.1, 0.15) is 5.56 Å². The minimum atomic E-state index is 0.816. The van der Waals surface area contributed by atoms with Crippen LogP contribution in [-0.4, -0.2) is 14.1 Å². The summed E-state index contributed by atoms with van der Waals surface area (Å²) in [6, 6.07) is 10.1. The zero-order valence-electron chi connectivity index (χ0n) is 6.76. The quantitative estimate of drug-likeness (QED) is 0.588. The highest BCUT2D eigenvalue weighted by molar-refractivity contribution is 5.49. The second-order valence-electron chi connectivity index (χ2n) is 2.57. The number of rotatable bonds is 1. The molecule has 11 heavy (non-hydrogen) atoms. The highest BCUT2D eigenvalue weighted by Gasteiger charge is 1.97. The molecule has 1 aromatic rings. The average Bonchev–Trinajstić information content (AvgIpc) is 2.05. The van der Waals surface area contributed by atoms with E-state index in [1.54, 1.807) is 0 Å². The molecule has 0 aliphatic rings. The van der Waals surface area contributed by atoms with Crippen LogP contribution in [0.3, 0.4) is 0 Å². The van der Waals surface area contributed by atoms with Crippen LogP contribution in [0.2, 0.25) is 0 Å². The summed E-state index contributed by atoms with van der Waals surface area (Å²) in [6.45, 7) is 0. The van der Waals surface area contributed by atoms with Crippen LogP contribution in [0.5, 0.6) is 0 Å². The summed E-state index contributed by atoms with van der Waals surface area (Å²) in [6.07, 6.45) is 0. The van der Waals surface area contributed by atoms with Crippen molar-refractivity contribution in [1.29, 1.82) is 0 Å². The number of hydrogen-bond acceptors (Lipinski definition) is 1. The zero-order chi connectivity index (χ0) is 8.27. The molecular formula is C9H11N2+. The van der Waals surface area contributed by atoms with Gasteiger partial charge in [-0.2, -0.15) is 0 Å². The van der Waals surface area contributed by atoms with Crippen molar-refractivity contribution in [2.24, 2.45) is 0 Å². The van der Waals surface area contributed by atoms with E-state index >= 15 is 0 Å². The van der Waals surface area contributed by atoms with Crippen LogP contribution in [0.4, 0.5) is 5.69 Å². The van der Waals surface area contributed by atoms with Gasteiger partial charge >= 0.3 is 6.07 Å². The van der Waals surface area contributed by atoms with Crippen molar-refractivity contribution in [3.63, 3.8) is 0 Å². The molecule has 0 aliphatic carbocycles. The lowest BCUT2D eigenvalue weighted by Crippen LogP contribution is -2.17. The molecule has 1 N–H and O–H groups in total. The predicted octanol–water partition coefficient (Wildman–Crippen LogP) is -0.127. The normalized spacial score (nSPS) is 8.82. The summed E-state index contributed by atoms with van der Waals surface area (Å²) < 4.78 is 0. The lowest BCUT2D eigenvalue weighted by atomic mass is 10.2. The standard InChI is InChI=1S/C9H10N2/c1-11(2)9-5-3-4-8(6-9)7-10/h3-6H,1-2H3/p+1. The molecule has 0 bridgehead atoms. The second kappa shape index (κ2) is 3.07. The van der Waals surface area contributed by atoms with E-state index in [1.165, 1.54) is 0 Å². The van der Waals surface area contributed by atoms with Crippen LogP contribution in [-0.2, 0) is 0 Å². The Hall–Kier alpha value is -1.49. The van der Waals surface area contributed by atoms with Gasteiger partial charge in [-0.25, -0.2) is 0 Å². The van der Waals surface area contributed by atoms with Gasteiger partial charge in [-0.3, -0.25) is 0 Å². The first-order valence-electron chi connectivity index (χ1n) is 3.44. The minimum Gasteiger partial charge on any atom is -0.378 e. The summed E-state index contributed by atoms with van der Waals surface area (Å²) in [5.74, 6) is 0. The van der Waals surface area contributed by atoms with E-state index in [-0.39, 0.29) is 0 Å². The topological polar surface area (TPSA) is 27.0 Å². The van der Waals surface area contributed by atoms with Crippen LogP contribution in [0.25, 0.3) is 0 Å². The van der Waals surface area contributed by atoms with Gasteiger partial charge in [0.05, 0.1) is 0 Å². The molecule has 0 aliphatic heterocycles. The molecule has 0 saturated heterocycles. The molecule has 0 saturated carbocycles. The predicted molar refractivity (Wildman–Crippen MR) is 44.7 cm³/mol. The molecule has 0 heterocycles. The van der Waals surface area contributed by atoms with Gasteiger partial charge in [-0.1, -0.05) is 11.3 Å². The van der Waals surface area contributed by atoms with Gasteiger partial charge < -0.3 is 4.90 Å². The maximum absolute atomic E-state index is 6.91. The molecule has 2 heteroatoms. The lowest BCUT2D eigenvalue weighted by molar-refractivity contribution is -0.0909. The first-order valence-corrected chi connectivity index (χ1v) is 3.44. The van der Waals surface area contributed by atoms with E-state index in [0.717, 1.165) is 11.3 Å². The van der Waals surface area contributed by atoms with Crippen molar-refractivity contribution in [2.75, 3.05) is 19.0 Å². The van der Waals surface area contributed by atoms with Crippen LogP contribution in [0, 0.1) is 6.07 Å². The van der Waals surface area contributed by atoms with Gasteiger partial charge in [0.15, 0.2) is 0 Å². The van der Waals surface area contributed by atoms with Crippen molar-refractivity contribution in [3.05, 3.63) is 29.8 Å². The molecule has 0 amide bonds.